The Morgan fingerprint density at radius 3 is 2.24 bits per heavy atom. The average Bonchev–Trinajstić information content (AvgIpc) is 2.78. The Morgan fingerprint density at radius 1 is 1.00 bits per heavy atom. The highest BCUT2D eigenvalue weighted by Gasteiger charge is 2.27. The number of hydrogen-bond acceptors (Lipinski definition) is 6. The number of hydrogen-bond donors (Lipinski definition) is 2. The van der Waals surface area contributed by atoms with Gasteiger partial charge in [-0.3, -0.25) is 4.79 Å². The van der Waals surface area contributed by atoms with Crippen molar-refractivity contribution in [3.05, 3.63) is 60.2 Å². The minimum atomic E-state index is -0.642. The van der Waals surface area contributed by atoms with Crippen LogP contribution in [0.15, 0.2) is 54.6 Å². The summed E-state index contributed by atoms with van der Waals surface area (Å²) < 4.78 is 16.1. The smallest absolute Gasteiger partial charge is 0.407 e. The normalized spacial score (nSPS) is 13.1. The van der Waals surface area contributed by atoms with E-state index in [1.54, 1.807) is 27.7 Å². The van der Waals surface area contributed by atoms with Crippen molar-refractivity contribution in [2.75, 3.05) is 26.4 Å². The predicted octanol–water partition coefficient (Wildman–Crippen LogP) is 4.37. The number of nitrogens with one attached hydrogen (secondary N) is 1. The Balaban J connectivity index is 2.18. The summed E-state index contributed by atoms with van der Waals surface area (Å²) in [5.41, 5.74) is 2.60. The Bertz CT molecular complexity index is 876. The molecule has 7 heteroatoms. The Labute approximate surface area is 202 Å². The highest BCUT2D eigenvalue weighted by atomic mass is 16.6. The lowest BCUT2D eigenvalue weighted by molar-refractivity contribution is -0.151. The standard InChI is InChI=1S/C27H37NO6/c1-5-33-25(30)23(19-32-16-15-29)18-24(28-26(31)34-27(2,3)4)17-20-11-13-22(14-12-20)21-9-7-6-8-10-21/h6-14,23-24,29H,5,15-19H2,1-4H3,(H,28,31)/t23-,24+/m0/s1. The number of ether oxygens (including phenoxy) is 3. The lowest BCUT2D eigenvalue weighted by Crippen LogP contribution is -2.42. The van der Waals surface area contributed by atoms with Crippen LogP contribution in [0.1, 0.15) is 39.7 Å². The van der Waals surface area contributed by atoms with E-state index in [4.69, 9.17) is 19.3 Å². The summed E-state index contributed by atoms with van der Waals surface area (Å²) in [6.45, 7) is 7.48. The zero-order valence-electron chi connectivity index (χ0n) is 20.6. The molecule has 2 aromatic carbocycles. The van der Waals surface area contributed by atoms with Crippen LogP contribution in [0.3, 0.4) is 0 Å². The quantitative estimate of drug-likeness (QED) is 0.353. The van der Waals surface area contributed by atoms with E-state index in [0.29, 0.717) is 12.8 Å². The second-order valence-corrected chi connectivity index (χ2v) is 9.09. The zero-order chi connectivity index (χ0) is 25.0. The Morgan fingerprint density at radius 2 is 1.65 bits per heavy atom. The monoisotopic (exact) mass is 471 g/mol. The molecule has 0 radical (unpaired) electrons. The molecule has 0 aliphatic rings. The van der Waals surface area contributed by atoms with Crippen molar-refractivity contribution in [3.8, 4) is 11.1 Å². The predicted molar refractivity (Wildman–Crippen MR) is 131 cm³/mol. The highest BCUT2D eigenvalue weighted by Crippen LogP contribution is 2.21. The molecule has 2 atom stereocenters. The summed E-state index contributed by atoms with van der Waals surface area (Å²) >= 11 is 0. The van der Waals surface area contributed by atoms with Gasteiger partial charge in [0, 0.05) is 6.04 Å². The molecule has 2 N–H and O–H groups in total. The molecular formula is C27H37NO6. The van der Waals surface area contributed by atoms with Gasteiger partial charge in [-0.15, -0.1) is 0 Å². The average molecular weight is 472 g/mol. The molecule has 0 bridgehead atoms. The van der Waals surface area contributed by atoms with Crippen LogP contribution in [-0.2, 0) is 25.4 Å². The van der Waals surface area contributed by atoms with Crippen LogP contribution in [0, 0.1) is 5.92 Å². The fourth-order valence-electron chi connectivity index (χ4n) is 3.54. The van der Waals surface area contributed by atoms with Crippen LogP contribution in [-0.4, -0.2) is 55.2 Å². The van der Waals surface area contributed by atoms with Gasteiger partial charge in [0.05, 0.1) is 32.3 Å². The first-order valence-electron chi connectivity index (χ1n) is 11.7. The minimum absolute atomic E-state index is 0.0961. The van der Waals surface area contributed by atoms with E-state index in [-0.39, 0.29) is 32.5 Å². The molecule has 0 saturated carbocycles. The SMILES string of the molecule is CCOC(=O)[C@H](COCCO)C[C@@H](Cc1ccc(-c2ccccc2)cc1)NC(=O)OC(C)(C)C. The van der Waals surface area contributed by atoms with Gasteiger partial charge in [0.25, 0.3) is 0 Å². The summed E-state index contributed by atoms with van der Waals surface area (Å²) in [7, 11) is 0. The Hall–Kier alpha value is -2.90. The number of amides is 1. The Kier molecular flexibility index (Phi) is 11.0. The van der Waals surface area contributed by atoms with Crippen molar-refractivity contribution in [2.24, 2.45) is 5.92 Å². The van der Waals surface area contributed by atoms with Crippen LogP contribution < -0.4 is 5.32 Å². The summed E-state index contributed by atoms with van der Waals surface area (Å²) in [5, 5.41) is 11.9. The van der Waals surface area contributed by atoms with E-state index in [2.05, 4.69) is 17.4 Å². The van der Waals surface area contributed by atoms with Crippen molar-refractivity contribution >= 4 is 12.1 Å². The van der Waals surface area contributed by atoms with Crippen LogP contribution in [0.2, 0.25) is 0 Å². The highest BCUT2D eigenvalue weighted by molar-refractivity contribution is 5.73. The molecular weight excluding hydrogens is 434 g/mol. The molecule has 0 heterocycles. The first-order chi connectivity index (χ1) is 16.2. The molecule has 186 valence electrons. The van der Waals surface area contributed by atoms with Crippen molar-refractivity contribution < 1.29 is 28.9 Å². The molecule has 0 aromatic heterocycles. The van der Waals surface area contributed by atoms with Gasteiger partial charge in [-0.1, -0.05) is 54.6 Å². The van der Waals surface area contributed by atoms with Crippen LogP contribution in [0.4, 0.5) is 4.79 Å². The number of alkyl carbamates (subject to hydrolysis) is 1. The van der Waals surface area contributed by atoms with E-state index in [1.165, 1.54) is 0 Å². The maximum atomic E-state index is 12.5. The largest absolute Gasteiger partial charge is 0.466 e. The van der Waals surface area contributed by atoms with Gasteiger partial charge >= 0.3 is 12.1 Å². The summed E-state index contributed by atoms with van der Waals surface area (Å²) in [4.78, 5) is 25.1. The van der Waals surface area contributed by atoms with E-state index < -0.39 is 23.6 Å². The maximum absolute atomic E-state index is 12.5. The molecule has 0 fully saturated rings. The fraction of sp³-hybridized carbons (Fsp3) is 0.481. The van der Waals surface area contributed by atoms with Crippen molar-refractivity contribution in [2.45, 2.75) is 52.2 Å². The third kappa shape index (κ3) is 9.93. The number of aliphatic hydroxyl groups excluding tert-OH is 1. The van der Waals surface area contributed by atoms with Gasteiger partial charge in [0.1, 0.15) is 5.60 Å². The summed E-state index contributed by atoms with van der Waals surface area (Å²) in [5.74, 6) is -0.981. The first-order valence-corrected chi connectivity index (χ1v) is 11.7. The van der Waals surface area contributed by atoms with Gasteiger partial charge in [0.15, 0.2) is 0 Å². The molecule has 2 aromatic rings. The lowest BCUT2D eigenvalue weighted by Gasteiger charge is -2.26. The molecule has 0 aliphatic heterocycles. The van der Waals surface area contributed by atoms with Gasteiger partial charge < -0.3 is 24.6 Å². The van der Waals surface area contributed by atoms with Gasteiger partial charge in [-0.25, -0.2) is 4.79 Å². The molecule has 0 aliphatic carbocycles. The fourth-order valence-corrected chi connectivity index (χ4v) is 3.54. The topological polar surface area (TPSA) is 94.1 Å². The van der Waals surface area contributed by atoms with Crippen LogP contribution >= 0.6 is 0 Å². The number of benzene rings is 2. The second kappa shape index (κ2) is 13.7. The van der Waals surface area contributed by atoms with Crippen LogP contribution in [0.25, 0.3) is 11.1 Å². The molecule has 1 amide bonds. The molecule has 7 nitrogen and oxygen atoms in total. The number of esters is 1. The molecule has 0 saturated heterocycles. The number of carbonyl (C=O) groups excluding carboxylic acids is 2. The maximum Gasteiger partial charge on any atom is 0.407 e. The molecule has 0 spiro atoms. The third-order valence-electron chi connectivity index (χ3n) is 5.01. The van der Waals surface area contributed by atoms with Crippen molar-refractivity contribution in [1.29, 1.82) is 0 Å². The van der Waals surface area contributed by atoms with E-state index >= 15 is 0 Å². The van der Waals surface area contributed by atoms with Gasteiger partial charge in [0.2, 0.25) is 0 Å². The minimum Gasteiger partial charge on any atom is -0.466 e. The van der Waals surface area contributed by atoms with E-state index in [9.17, 15) is 9.59 Å². The number of rotatable bonds is 12. The summed E-state index contributed by atoms with van der Waals surface area (Å²) in [6, 6.07) is 17.8. The number of aliphatic hydroxyl groups is 1. The van der Waals surface area contributed by atoms with Crippen molar-refractivity contribution in [3.63, 3.8) is 0 Å². The first kappa shape index (κ1) is 27.3. The lowest BCUT2D eigenvalue weighted by atomic mass is 9.94. The van der Waals surface area contributed by atoms with E-state index in [1.807, 2.05) is 42.5 Å². The van der Waals surface area contributed by atoms with Crippen molar-refractivity contribution in [1.82, 2.24) is 5.32 Å². The molecule has 0 unspecified atom stereocenters. The third-order valence-corrected chi connectivity index (χ3v) is 5.01. The summed E-state index contributed by atoms with van der Waals surface area (Å²) in [6.07, 6.45) is 0.269. The molecule has 34 heavy (non-hydrogen) atoms. The van der Waals surface area contributed by atoms with Gasteiger partial charge in [-0.05, 0) is 57.2 Å². The second-order valence-electron chi connectivity index (χ2n) is 9.09. The number of carbonyl (C=O) groups is 2. The van der Waals surface area contributed by atoms with Gasteiger partial charge in [-0.2, -0.15) is 0 Å². The van der Waals surface area contributed by atoms with Crippen LogP contribution in [0.5, 0.6) is 0 Å². The molecule has 2 rings (SSSR count). The van der Waals surface area contributed by atoms with E-state index in [0.717, 1.165) is 16.7 Å². The zero-order valence-corrected chi connectivity index (χ0v) is 20.6.